The van der Waals surface area contributed by atoms with Gasteiger partial charge in [-0.25, -0.2) is 0 Å². The summed E-state index contributed by atoms with van der Waals surface area (Å²) in [4.78, 5) is 11.1. The second-order valence-corrected chi connectivity index (χ2v) is 4.02. The lowest BCUT2D eigenvalue weighted by Crippen LogP contribution is -2.10. The Kier molecular flexibility index (Phi) is 3.02. The molecule has 2 aromatic rings. The highest BCUT2D eigenvalue weighted by atomic mass is 35.5. The summed E-state index contributed by atoms with van der Waals surface area (Å²) >= 11 is 5.82. The minimum atomic E-state index is -0.475. The Bertz CT molecular complexity index is 581. The highest BCUT2D eigenvalue weighted by Gasteiger charge is 2.05. The smallest absolute Gasteiger partial charge is 0.248 e. The standard InChI is InChI=1S/C13H10ClNO2/c14-11-7-9(4-5-12(11)16)8-2-1-3-10(6-8)13(15)17/h1-7,16H,(H2,15,17). The molecule has 4 heteroatoms. The third-order valence-corrected chi connectivity index (χ3v) is 2.73. The molecule has 0 saturated heterocycles. The van der Waals surface area contributed by atoms with Gasteiger partial charge in [0.1, 0.15) is 5.75 Å². The van der Waals surface area contributed by atoms with Gasteiger partial charge in [0.05, 0.1) is 5.02 Å². The average Bonchev–Trinajstić information content (AvgIpc) is 2.33. The molecule has 0 spiro atoms. The molecule has 0 atom stereocenters. The van der Waals surface area contributed by atoms with Crippen LogP contribution in [0.2, 0.25) is 5.02 Å². The van der Waals surface area contributed by atoms with E-state index in [1.165, 1.54) is 6.07 Å². The molecule has 0 heterocycles. The maximum atomic E-state index is 11.1. The van der Waals surface area contributed by atoms with Gasteiger partial charge in [-0.05, 0) is 35.4 Å². The number of carbonyl (C=O) groups excluding carboxylic acids is 1. The number of phenolic OH excluding ortho intramolecular Hbond substituents is 1. The van der Waals surface area contributed by atoms with Gasteiger partial charge in [-0.1, -0.05) is 29.8 Å². The van der Waals surface area contributed by atoms with Crippen LogP contribution in [-0.4, -0.2) is 11.0 Å². The highest BCUT2D eigenvalue weighted by molar-refractivity contribution is 6.32. The van der Waals surface area contributed by atoms with Crippen molar-refractivity contribution in [3.05, 3.63) is 53.1 Å². The summed E-state index contributed by atoms with van der Waals surface area (Å²) in [5, 5.41) is 9.60. The van der Waals surface area contributed by atoms with Crippen LogP contribution in [-0.2, 0) is 0 Å². The number of nitrogens with two attached hydrogens (primary N) is 1. The molecule has 0 aromatic heterocycles. The number of carbonyl (C=O) groups is 1. The van der Waals surface area contributed by atoms with Gasteiger partial charge in [0.25, 0.3) is 0 Å². The van der Waals surface area contributed by atoms with Gasteiger partial charge in [0.2, 0.25) is 5.91 Å². The summed E-state index contributed by atoms with van der Waals surface area (Å²) in [7, 11) is 0. The Labute approximate surface area is 103 Å². The van der Waals surface area contributed by atoms with Gasteiger partial charge in [0, 0.05) is 5.56 Å². The molecule has 0 aliphatic rings. The van der Waals surface area contributed by atoms with Crippen LogP contribution in [0, 0.1) is 0 Å². The van der Waals surface area contributed by atoms with Crippen LogP contribution >= 0.6 is 11.6 Å². The summed E-state index contributed by atoms with van der Waals surface area (Å²) < 4.78 is 0. The predicted molar refractivity (Wildman–Crippen MR) is 67.1 cm³/mol. The number of rotatable bonds is 2. The number of phenols is 1. The van der Waals surface area contributed by atoms with Crippen LogP contribution in [0.25, 0.3) is 11.1 Å². The number of hydrogen-bond acceptors (Lipinski definition) is 2. The topological polar surface area (TPSA) is 63.3 Å². The van der Waals surface area contributed by atoms with Crippen molar-refractivity contribution >= 4 is 17.5 Å². The van der Waals surface area contributed by atoms with Crippen LogP contribution in [0.3, 0.4) is 0 Å². The number of aromatic hydroxyl groups is 1. The van der Waals surface area contributed by atoms with Crippen LogP contribution in [0.1, 0.15) is 10.4 Å². The average molecular weight is 248 g/mol. The summed E-state index contributed by atoms with van der Waals surface area (Å²) in [6.45, 7) is 0. The van der Waals surface area contributed by atoms with E-state index in [2.05, 4.69) is 0 Å². The first-order chi connectivity index (χ1) is 8.08. The fourth-order valence-electron chi connectivity index (χ4n) is 1.54. The Balaban J connectivity index is 2.49. The van der Waals surface area contributed by atoms with Crippen LogP contribution < -0.4 is 5.73 Å². The van der Waals surface area contributed by atoms with Crippen molar-refractivity contribution in [2.45, 2.75) is 0 Å². The molecule has 17 heavy (non-hydrogen) atoms. The van der Waals surface area contributed by atoms with Crippen molar-refractivity contribution in [3.63, 3.8) is 0 Å². The second-order valence-electron chi connectivity index (χ2n) is 3.61. The lowest BCUT2D eigenvalue weighted by atomic mass is 10.0. The Morgan fingerprint density at radius 3 is 2.47 bits per heavy atom. The minimum absolute atomic E-state index is 0.0291. The minimum Gasteiger partial charge on any atom is -0.506 e. The van der Waals surface area contributed by atoms with Gasteiger partial charge in [-0.2, -0.15) is 0 Å². The second kappa shape index (κ2) is 4.47. The molecule has 0 aliphatic heterocycles. The Morgan fingerprint density at radius 2 is 1.82 bits per heavy atom. The van der Waals surface area contributed by atoms with Crippen molar-refractivity contribution < 1.29 is 9.90 Å². The van der Waals surface area contributed by atoms with Crippen molar-refractivity contribution in [2.24, 2.45) is 5.73 Å². The first-order valence-corrected chi connectivity index (χ1v) is 5.34. The maximum absolute atomic E-state index is 11.1. The molecule has 2 aromatic carbocycles. The highest BCUT2D eigenvalue weighted by Crippen LogP contribution is 2.29. The number of halogens is 1. The van der Waals surface area contributed by atoms with E-state index in [1.807, 2.05) is 6.07 Å². The third kappa shape index (κ3) is 2.40. The summed E-state index contributed by atoms with van der Waals surface area (Å²) in [6, 6.07) is 11.8. The maximum Gasteiger partial charge on any atom is 0.248 e. The first kappa shape index (κ1) is 11.5. The fourth-order valence-corrected chi connectivity index (χ4v) is 1.72. The molecule has 3 N–H and O–H groups in total. The molecular formula is C13H10ClNO2. The van der Waals surface area contributed by atoms with E-state index in [0.29, 0.717) is 5.56 Å². The quantitative estimate of drug-likeness (QED) is 0.857. The van der Waals surface area contributed by atoms with E-state index in [0.717, 1.165) is 11.1 Å². The van der Waals surface area contributed by atoms with Gasteiger partial charge < -0.3 is 10.8 Å². The molecular weight excluding hydrogens is 238 g/mol. The van der Waals surface area contributed by atoms with E-state index >= 15 is 0 Å². The van der Waals surface area contributed by atoms with E-state index in [1.54, 1.807) is 30.3 Å². The Hall–Kier alpha value is -2.00. The number of hydrogen-bond donors (Lipinski definition) is 2. The zero-order valence-corrected chi connectivity index (χ0v) is 9.61. The van der Waals surface area contributed by atoms with E-state index < -0.39 is 5.91 Å². The van der Waals surface area contributed by atoms with Gasteiger partial charge >= 0.3 is 0 Å². The van der Waals surface area contributed by atoms with Gasteiger partial charge in [0.15, 0.2) is 0 Å². The van der Waals surface area contributed by atoms with Crippen molar-refractivity contribution in [2.75, 3.05) is 0 Å². The number of benzene rings is 2. The van der Waals surface area contributed by atoms with E-state index in [9.17, 15) is 9.90 Å². The largest absolute Gasteiger partial charge is 0.506 e. The number of primary amides is 1. The molecule has 0 radical (unpaired) electrons. The van der Waals surface area contributed by atoms with Crippen LogP contribution in [0.15, 0.2) is 42.5 Å². The summed E-state index contributed by atoms with van der Waals surface area (Å²) in [5.41, 5.74) is 7.28. The summed E-state index contributed by atoms with van der Waals surface area (Å²) in [5.74, 6) is -0.446. The lowest BCUT2D eigenvalue weighted by Gasteiger charge is -2.05. The van der Waals surface area contributed by atoms with Crippen LogP contribution in [0.5, 0.6) is 5.75 Å². The molecule has 2 rings (SSSR count). The zero-order chi connectivity index (χ0) is 12.4. The molecule has 0 aliphatic carbocycles. The monoisotopic (exact) mass is 247 g/mol. The number of amides is 1. The van der Waals surface area contributed by atoms with E-state index in [-0.39, 0.29) is 10.8 Å². The third-order valence-electron chi connectivity index (χ3n) is 2.43. The molecule has 0 bridgehead atoms. The Morgan fingerprint density at radius 1 is 1.12 bits per heavy atom. The van der Waals surface area contributed by atoms with Crippen molar-refractivity contribution in [1.29, 1.82) is 0 Å². The fraction of sp³-hybridized carbons (Fsp3) is 0. The van der Waals surface area contributed by atoms with Gasteiger partial charge in [-0.15, -0.1) is 0 Å². The molecule has 86 valence electrons. The molecule has 0 saturated carbocycles. The van der Waals surface area contributed by atoms with Crippen molar-refractivity contribution in [1.82, 2.24) is 0 Å². The first-order valence-electron chi connectivity index (χ1n) is 4.96. The molecule has 0 fully saturated rings. The van der Waals surface area contributed by atoms with E-state index in [4.69, 9.17) is 17.3 Å². The van der Waals surface area contributed by atoms with Gasteiger partial charge in [-0.3, -0.25) is 4.79 Å². The van der Waals surface area contributed by atoms with Crippen LogP contribution in [0.4, 0.5) is 0 Å². The summed E-state index contributed by atoms with van der Waals surface area (Å²) in [6.07, 6.45) is 0. The normalized spacial score (nSPS) is 10.2. The van der Waals surface area contributed by atoms with Crippen molar-refractivity contribution in [3.8, 4) is 16.9 Å². The SMILES string of the molecule is NC(=O)c1cccc(-c2ccc(O)c(Cl)c2)c1. The zero-order valence-electron chi connectivity index (χ0n) is 8.85. The predicted octanol–water partition coefficient (Wildman–Crippen LogP) is 2.81. The molecule has 0 unspecified atom stereocenters. The lowest BCUT2D eigenvalue weighted by molar-refractivity contribution is 0.100. The molecule has 3 nitrogen and oxygen atoms in total. The molecule has 1 amide bonds.